The Morgan fingerprint density at radius 3 is 2.39 bits per heavy atom. The van der Waals surface area contributed by atoms with E-state index < -0.39 is 0 Å². The first-order valence-corrected chi connectivity index (χ1v) is 9.38. The van der Waals surface area contributed by atoms with Crippen LogP contribution >= 0.6 is 0 Å². The van der Waals surface area contributed by atoms with Gasteiger partial charge in [0.05, 0.1) is 6.54 Å². The molecule has 0 atom stereocenters. The van der Waals surface area contributed by atoms with Crippen LogP contribution in [-0.2, 0) is 13.1 Å². The van der Waals surface area contributed by atoms with Gasteiger partial charge < -0.3 is 15.1 Å². The maximum atomic E-state index is 12.6. The predicted octanol–water partition coefficient (Wildman–Crippen LogP) is 1.75. The third kappa shape index (κ3) is 4.28. The molecule has 0 aliphatic carbocycles. The van der Waals surface area contributed by atoms with Crippen molar-refractivity contribution in [1.29, 1.82) is 0 Å². The zero-order valence-electron chi connectivity index (χ0n) is 15.6. The van der Waals surface area contributed by atoms with Crippen LogP contribution < -0.4 is 10.2 Å². The van der Waals surface area contributed by atoms with Crippen molar-refractivity contribution in [3.05, 3.63) is 72.3 Å². The smallest absolute Gasteiger partial charge is 0.317 e. The third-order valence-electron chi connectivity index (χ3n) is 4.84. The molecular formula is C20H23N7O. The van der Waals surface area contributed by atoms with E-state index in [1.54, 1.807) is 24.7 Å². The summed E-state index contributed by atoms with van der Waals surface area (Å²) in [6, 6.07) is 11.8. The molecular weight excluding hydrogens is 354 g/mol. The highest BCUT2D eigenvalue weighted by atomic mass is 16.2. The van der Waals surface area contributed by atoms with Crippen LogP contribution in [0.15, 0.2) is 61.2 Å². The Bertz CT molecular complexity index is 890. The highest BCUT2D eigenvalue weighted by Crippen LogP contribution is 2.12. The largest absolute Gasteiger partial charge is 0.337 e. The summed E-state index contributed by atoms with van der Waals surface area (Å²) in [6.45, 7) is 3.95. The molecule has 1 aromatic carbocycles. The lowest BCUT2D eigenvalue weighted by Crippen LogP contribution is -2.52. The van der Waals surface area contributed by atoms with Crippen LogP contribution in [0.2, 0.25) is 0 Å². The van der Waals surface area contributed by atoms with E-state index in [9.17, 15) is 4.79 Å². The minimum Gasteiger partial charge on any atom is -0.337 e. The van der Waals surface area contributed by atoms with E-state index in [4.69, 9.17) is 0 Å². The van der Waals surface area contributed by atoms with Crippen molar-refractivity contribution in [2.75, 3.05) is 31.1 Å². The Balaban J connectivity index is 1.31. The highest BCUT2D eigenvalue weighted by Gasteiger charge is 2.22. The van der Waals surface area contributed by atoms with Crippen molar-refractivity contribution in [1.82, 2.24) is 30.0 Å². The summed E-state index contributed by atoms with van der Waals surface area (Å²) >= 11 is 0. The summed E-state index contributed by atoms with van der Waals surface area (Å²) in [4.78, 5) is 25.1. The molecule has 3 heterocycles. The molecule has 2 amide bonds. The van der Waals surface area contributed by atoms with Crippen molar-refractivity contribution in [3.8, 4) is 0 Å². The fourth-order valence-electron chi connectivity index (χ4n) is 3.30. The van der Waals surface area contributed by atoms with Crippen molar-refractivity contribution >= 4 is 12.0 Å². The normalized spacial score (nSPS) is 14.1. The van der Waals surface area contributed by atoms with Gasteiger partial charge in [0.15, 0.2) is 0 Å². The molecule has 28 heavy (non-hydrogen) atoms. The summed E-state index contributed by atoms with van der Waals surface area (Å²) in [7, 11) is 0. The molecule has 1 fully saturated rings. The summed E-state index contributed by atoms with van der Waals surface area (Å²) in [5, 5.41) is 7.31. The van der Waals surface area contributed by atoms with Gasteiger partial charge in [-0.15, -0.1) is 0 Å². The average Bonchev–Trinajstić information content (AvgIpc) is 3.27. The maximum Gasteiger partial charge on any atom is 0.317 e. The standard InChI is InChI=1S/C20H23N7O/c28-20(26-13-11-25(12-14-26)19-21-7-3-8-22-19)23-15-17-5-1-2-6-18(17)16-27-10-4-9-24-27/h1-10H,11-16H2,(H,23,28). The van der Waals surface area contributed by atoms with Gasteiger partial charge in [0.25, 0.3) is 0 Å². The quantitative estimate of drug-likeness (QED) is 0.733. The van der Waals surface area contributed by atoms with Crippen LogP contribution in [-0.4, -0.2) is 56.9 Å². The van der Waals surface area contributed by atoms with E-state index in [2.05, 4.69) is 31.3 Å². The molecule has 0 unspecified atom stereocenters. The number of aromatic nitrogens is 4. The Hall–Kier alpha value is -3.42. The van der Waals surface area contributed by atoms with Crippen LogP contribution in [0.5, 0.6) is 0 Å². The molecule has 0 spiro atoms. The van der Waals surface area contributed by atoms with Crippen molar-refractivity contribution in [2.45, 2.75) is 13.1 Å². The van der Waals surface area contributed by atoms with Crippen LogP contribution in [0, 0.1) is 0 Å². The second-order valence-electron chi connectivity index (χ2n) is 6.65. The molecule has 1 saturated heterocycles. The van der Waals surface area contributed by atoms with Crippen LogP contribution in [0.4, 0.5) is 10.7 Å². The number of hydrogen-bond donors (Lipinski definition) is 1. The lowest BCUT2D eigenvalue weighted by atomic mass is 10.1. The molecule has 0 bridgehead atoms. The average molecular weight is 377 g/mol. The van der Waals surface area contributed by atoms with Gasteiger partial charge in [0, 0.05) is 57.5 Å². The van der Waals surface area contributed by atoms with Crippen molar-refractivity contribution in [3.63, 3.8) is 0 Å². The van der Waals surface area contributed by atoms with Gasteiger partial charge in [-0.25, -0.2) is 14.8 Å². The van der Waals surface area contributed by atoms with E-state index in [1.165, 1.54) is 0 Å². The Kier molecular flexibility index (Phi) is 5.46. The molecule has 0 radical (unpaired) electrons. The summed E-state index contributed by atoms with van der Waals surface area (Å²) < 4.78 is 1.88. The zero-order valence-corrected chi connectivity index (χ0v) is 15.6. The number of carbonyl (C=O) groups is 1. The predicted molar refractivity (Wildman–Crippen MR) is 106 cm³/mol. The third-order valence-corrected chi connectivity index (χ3v) is 4.84. The van der Waals surface area contributed by atoms with Gasteiger partial charge >= 0.3 is 6.03 Å². The van der Waals surface area contributed by atoms with E-state index in [0.717, 1.165) is 30.2 Å². The molecule has 0 saturated carbocycles. The SMILES string of the molecule is O=C(NCc1ccccc1Cn1cccn1)N1CCN(c2ncccn2)CC1. The zero-order chi connectivity index (χ0) is 19.2. The fourth-order valence-corrected chi connectivity index (χ4v) is 3.30. The number of nitrogens with one attached hydrogen (secondary N) is 1. The number of hydrogen-bond acceptors (Lipinski definition) is 5. The number of nitrogens with zero attached hydrogens (tertiary/aromatic N) is 6. The lowest BCUT2D eigenvalue weighted by molar-refractivity contribution is 0.193. The maximum absolute atomic E-state index is 12.6. The monoisotopic (exact) mass is 377 g/mol. The number of carbonyl (C=O) groups excluding carboxylic acids is 1. The molecule has 2 aromatic heterocycles. The molecule has 3 aromatic rings. The minimum absolute atomic E-state index is 0.0393. The first-order valence-electron chi connectivity index (χ1n) is 9.38. The minimum atomic E-state index is -0.0393. The van der Waals surface area contributed by atoms with Crippen molar-refractivity contribution in [2.24, 2.45) is 0 Å². The van der Waals surface area contributed by atoms with Crippen molar-refractivity contribution < 1.29 is 4.79 Å². The molecule has 1 N–H and O–H groups in total. The van der Waals surface area contributed by atoms with Gasteiger partial charge in [0.2, 0.25) is 5.95 Å². The van der Waals surface area contributed by atoms with E-state index in [-0.39, 0.29) is 6.03 Å². The lowest BCUT2D eigenvalue weighted by Gasteiger charge is -2.34. The molecule has 1 aliphatic rings. The van der Waals surface area contributed by atoms with E-state index in [0.29, 0.717) is 26.2 Å². The summed E-state index contributed by atoms with van der Waals surface area (Å²) in [5.74, 6) is 0.718. The topological polar surface area (TPSA) is 79.2 Å². The van der Waals surface area contributed by atoms with Crippen LogP contribution in [0.3, 0.4) is 0 Å². The number of rotatable bonds is 5. The number of urea groups is 1. The Morgan fingerprint density at radius 2 is 1.68 bits per heavy atom. The number of piperazine rings is 1. The first-order chi connectivity index (χ1) is 13.8. The Labute approximate surface area is 163 Å². The van der Waals surface area contributed by atoms with Gasteiger partial charge in [-0.1, -0.05) is 24.3 Å². The first kappa shape index (κ1) is 18.0. The number of amides is 2. The second kappa shape index (κ2) is 8.51. The second-order valence-corrected chi connectivity index (χ2v) is 6.65. The molecule has 144 valence electrons. The van der Waals surface area contributed by atoms with E-state index in [1.807, 2.05) is 40.0 Å². The summed E-state index contributed by atoms with van der Waals surface area (Å²) in [6.07, 6.45) is 7.18. The summed E-state index contributed by atoms with van der Waals surface area (Å²) in [5.41, 5.74) is 2.25. The highest BCUT2D eigenvalue weighted by molar-refractivity contribution is 5.74. The molecule has 8 heteroatoms. The van der Waals surface area contributed by atoms with E-state index >= 15 is 0 Å². The number of anilines is 1. The fraction of sp³-hybridized carbons (Fsp3) is 0.300. The van der Waals surface area contributed by atoms with Gasteiger partial charge in [-0.3, -0.25) is 4.68 Å². The molecule has 4 rings (SSSR count). The molecule has 1 aliphatic heterocycles. The van der Waals surface area contributed by atoms with Crippen LogP contribution in [0.25, 0.3) is 0 Å². The molecule has 8 nitrogen and oxygen atoms in total. The van der Waals surface area contributed by atoms with Gasteiger partial charge in [0.1, 0.15) is 0 Å². The van der Waals surface area contributed by atoms with Gasteiger partial charge in [-0.2, -0.15) is 5.10 Å². The van der Waals surface area contributed by atoms with Gasteiger partial charge in [-0.05, 0) is 23.3 Å². The number of benzene rings is 1. The Morgan fingerprint density at radius 1 is 0.929 bits per heavy atom. The van der Waals surface area contributed by atoms with Crippen LogP contribution in [0.1, 0.15) is 11.1 Å².